The van der Waals surface area contributed by atoms with Gasteiger partial charge in [0.1, 0.15) is 0 Å². The summed E-state index contributed by atoms with van der Waals surface area (Å²) < 4.78 is 0. The van der Waals surface area contributed by atoms with E-state index < -0.39 is 0 Å². The number of carbonyl (C=O) groups excluding carboxylic acids is 1. The molecule has 1 aromatic heterocycles. The van der Waals surface area contributed by atoms with E-state index in [-0.39, 0.29) is 6.03 Å². The molecule has 5 N–H and O–H groups in total. The lowest BCUT2D eigenvalue weighted by molar-refractivity contribution is 0.251. The molecule has 2 rings (SSSR count). The summed E-state index contributed by atoms with van der Waals surface area (Å²) in [5, 5.41) is 5.46. The van der Waals surface area contributed by atoms with Gasteiger partial charge in [-0.1, -0.05) is 12.1 Å². The highest BCUT2D eigenvalue weighted by atomic mass is 16.2. The number of carbonyl (C=O) groups is 1. The van der Waals surface area contributed by atoms with Crippen LogP contribution in [-0.2, 0) is 13.1 Å². The van der Waals surface area contributed by atoms with E-state index in [1.807, 2.05) is 24.3 Å². The summed E-state index contributed by atoms with van der Waals surface area (Å²) in [4.78, 5) is 18.4. The first kappa shape index (κ1) is 12.1. The number of aromatic amines is 1. The Labute approximate surface area is 105 Å². The molecule has 1 aromatic carbocycles. The Hall–Kier alpha value is -2.34. The van der Waals surface area contributed by atoms with Crippen molar-refractivity contribution >= 4 is 11.7 Å². The number of rotatable bonds is 4. The minimum Gasteiger partial charge on any atom is -0.347 e. The Morgan fingerprint density at radius 2 is 2.33 bits per heavy atom. The predicted octanol–water partition coefficient (Wildman–Crippen LogP) is 1.19. The summed E-state index contributed by atoms with van der Waals surface area (Å²) >= 11 is 0. The first-order chi connectivity index (χ1) is 8.78. The largest absolute Gasteiger partial charge is 0.347 e. The van der Waals surface area contributed by atoms with Crippen molar-refractivity contribution in [1.29, 1.82) is 0 Å². The van der Waals surface area contributed by atoms with Crippen molar-refractivity contribution in [2.75, 3.05) is 5.32 Å². The molecule has 0 unspecified atom stereocenters. The van der Waals surface area contributed by atoms with Crippen LogP contribution in [0.3, 0.4) is 0 Å². The van der Waals surface area contributed by atoms with E-state index in [1.165, 1.54) is 0 Å². The number of imidazole rings is 1. The zero-order valence-electron chi connectivity index (χ0n) is 9.81. The van der Waals surface area contributed by atoms with Gasteiger partial charge in [0.05, 0.1) is 18.6 Å². The van der Waals surface area contributed by atoms with Crippen LogP contribution in [-0.4, -0.2) is 16.0 Å². The van der Waals surface area contributed by atoms with E-state index >= 15 is 0 Å². The van der Waals surface area contributed by atoms with Crippen LogP contribution in [0.5, 0.6) is 0 Å². The maximum Gasteiger partial charge on any atom is 0.319 e. The van der Waals surface area contributed by atoms with E-state index in [0.29, 0.717) is 13.1 Å². The average Bonchev–Trinajstić information content (AvgIpc) is 2.90. The van der Waals surface area contributed by atoms with Crippen LogP contribution in [0.4, 0.5) is 10.5 Å². The Bertz CT molecular complexity index is 509. The molecule has 0 saturated carbocycles. The van der Waals surface area contributed by atoms with Crippen LogP contribution < -0.4 is 16.4 Å². The number of nitrogens with one attached hydrogen (secondary N) is 3. The van der Waals surface area contributed by atoms with E-state index in [2.05, 4.69) is 20.6 Å². The van der Waals surface area contributed by atoms with Gasteiger partial charge in [0.15, 0.2) is 0 Å². The Morgan fingerprint density at radius 3 is 3.06 bits per heavy atom. The van der Waals surface area contributed by atoms with Gasteiger partial charge < -0.3 is 21.4 Å². The zero-order valence-corrected chi connectivity index (χ0v) is 9.81. The molecule has 6 nitrogen and oxygen atoms in total. The van der Waals surface area contributed by atoms with Crippen molar-refractivity contribution in [1.82, 2.24) is 15.3 Å². The van der Waals surface area contributed by atoms with Gasteiger partial charge in [-0.3, -0.25) is 0 Å². The molecule has 0 spiro atoms. The molecular formula is C12H15N5O. The number of aromatic nitrogens is 2. The lowest BCUT2D eigenvalue weighted by atomic mass is 10.2. The minimum atomic E-state index is -0.265. The smallest absolute Gasteiger partial charge is 0.319 e. The van der Waals surface area contributed by atoms with Crippen molar-refractivity contribution < 1.29 is 4.79 Å². The molecular weight excluding hydrogens is 230 g/mol. The number of H-pyrrole nitrogens is 1. The molecule has 2 aromatic rings. The highest BCUT2D eigenvalue weighted by Crippen LogP contribution is 2.09. The first-order valence-corrected chi connectivity index (χ1v) is 5.59. The number of anilines is 1. The second-order valence-electron chi connectivity index (χ2n) is 3.79. The van der Waals surface area contributed by atoms with Gasteiger partial charge in [0.25, 0.3) is 0 Å². The van der Waals surface area contributed by atoms with Gasteiger partial charge in [0.2, 0.25) is 0 Å². The predicted molar refractivity (Wildman–Crippen MR) is 68.8 cm³/mol. The SMILES string of the molecule is NCc1cccc(NC(=O)NCc2cnc[nH]2)c1. The molecule has 94 valence electrons. The average molecular weight is 245 g/mol. The van der Waals surface area contributed by atoms with Gasteiger partial charge >= 0.3 is 6.03 Å². The van der Waals surface area contributed by atoms with Crippen molar-refractivity contribution in [2.45, 2.75) is 13.1 Å². The van der Waals surface area contributed by atoms with Gasteiger partial charge in [0, 0.05) is 18.4 Å². The normalized spacial score (nSPS) is 10.1. The monoisotopic (exact) mass is 245 g/mol. The van der Waals surface area contributed by atoms with E-state index in [9.17, 15) is 4.79 Å². The molecule has 0 radical (unpaired) electrons. The summed E-state index contributed by atoms with van der Waals surface area (Å²) in [7, 11) is 0. The second kappa shape index (κ2) is 5.83. The Morgan fingerprint density at radius 1 is 1.44 bits per heavy atom. The van der Waals surface area contributed by atoms with Crippen molar-refractivity contribution in [2.24, 2.45) is 5.73 Å². The molecule has 6 heteroatoms. The Kier molecular flexibility index (Phi) is 3.93. The van der Waals surface area contributed by atoms with Crippen LogP contribution >= 0.6 is 0 Å². The van der Waals surface area contributed by atoms with Crippen LogP contribution in [0, 0.1) is 0 Å². The summed E-state index contributed by atoms with van der Waals surface area (Å²) in [6.07, 6.45) is 3.23. The number of nitrogens with zero attached hydrogens (tertiary/aromatic N) is 1. The maximum atomic E-state index is 11.6. The van der Waals surface area contributed by atoms with E-state index in [1.54, 1.807) is 12.5 Å². The third-order valence-electron chi connectivity index (χ3n) is 2.41. The zero-order chi connectivity index (χ0) is 12.8. The Balaban J connectivity index is 1.86. The molecule has 0 atom stereocenters. The number of urea groups is 1. The third kappa shape index (κ3) is 3.33. The highest BCUT2D eigenvalue weighted by Gasteiger charge is 2.02. The molecule has 0 aliphatic carbocycles. The molecule has 1 heterocycles. The second-order valence-corrected chi connectivity index (χ2v) is 3.79. The fraction of sp³-hybridized carbons (Fsp3) is 0.167. The molecule has 0 saturated heterocycles. The van der Waals surface area contributed by atoms with Crippen LogP contribution in [0.2, 0.25) is 0 Å². The van der Waals surface area contributed by atoms with Crippen molar-refractivity contribution in [3.8, 4) is 0 Å². The standard InChI is InChI=1S/C12H15N5O/c13-5-9-2-1-3-10(4-9)17-12(18)15-7-11-6-14-8-16-11/h1-4,6,8H,5,7,13H2,(H,14,16)(H2,15,17,18). The molecule has 0 fully saturated rings. The molecule has 0 aliphatic heterocycles. The van der Waals surface area contributed by atoms with Crippen molar-refractivity contribution in [3.63, 3.8) is 0 Å². The third-order valence-corrected chi connectivity index (χ3v) is 2.41. The molecule has 0 aliphatic rings. The number of hydrogen-bond acceptors (Lipinski definition) is 3. The van der Waals surface area contributed by atoms with E-state index in [0.717, 1.165) is 16.9 Å². The summed E-state index contributed by atoms with van der Waals surface area (Å²) in [6, 6.07) is 7.16. The number of hydrogen-bond donors (Lipinski definition) is 4. The minimum absolute atomic E-state index is 0.265. The number of benzene rings is 1. The van der Waals surface area contributed by atoms with Crippen LogP contribution in [0.25, 0.3) is 0 Å². The first-order valence-electron chi connectivity index (χ1n) is 5.59. The van der Waals surface area contributed by atoms with E-state index in [4.69, 9.17) is 5.73 Å². The molecule has 0 bridgehead atoms. The summed E-state index contributed by atoms with van der Waals surface area (Å²) in [5.74, 6) is 0. The lowest BCUT2D eigenvalue weighted by Crippen LogP contribution is -2.28. The lowest BCUT2D eigenvalue weighted by Gasteiger charge is -2.07. The number of nitrogens with two attached hydrogens (primary N) is 1. The van der Waals surface area contributed by atoms with Crippen LogP contribution in [0.15, 0.2) is 36.8 Å². The summed E-state index contributed by atoms with van der Waals surface area (Å²) in [6.45, 7) is 0.855. The van der Waals surface area contributed by atoms with Gasteiger partial charge in [-0.2, -0.15) is 0 Å². The fourth-order valence-corrected chi connectivity index (χ4v) is 1.51. The topological polar surface area (TPSA) is 95.8 Å². The number of amides is 2. The maximum absolute atomic E-state index is 11.6. The van der Waals surface area contributed by atoms with Gasteiger partial charge in [-0.05, 0) is 17.7 Å². The molecule has 2 amide bonds. The fourth-order valence-electron chi connectivity index (χ4n) is 1.51. The van der Waals surface area contributed by atoms with Gasteiger partial charge in [-0.15, -0.1) is 0 Å². The summed E-state index contributed by atoms with van der Waals surface area (Å²) in [5.41, 5.74) is 8.08. The quantitative estimate of drug-likeness (QED) is 0.651. The van der Waals surface area contributed by atoms with Crippen molar-refractivity contribution in [3.05, 3.63) is 48.0 Å². The highest BCUT2D eigenvalue weighted by molar-refractivity contribution is 5.89. The van der Waals surface area contributed by atoms with Crippen LogP contribution in [0.1, 0.15) is 11.3 Å². The van der Waals surface area contributed by atoms with Gasteiger partial charge in [-0.25, -0.2) is 9.78 Å². The molecule has 18 heavy (non-hydrogen) atoms.